The monoisotopic (exact) mass is 436 g/mol. The molecule has 0 saturated heterocycles. The molecule has 0 fully saturated rings. The van der Waals surface area contributed by atoms with E-state index in [1.54, 1.807) is 50.2 Å². The van der Waals surface area contributed by atoms with Gasteiger partial charge in [0.2, 0.25) is 6.41 Å². The summed E-state index contributed by atoms with van der Waals surface area (Å²) in [5, 5.41) is 22.5. The van der Waals surface area contributed by atoms with Gasteiger partial charge < -0.3 is 10.4 Å². The topological polar surface area (TPSA) is 114 Å². The Morgan fingerprint density at radius 3 is 2.34 bits per heavy atom. The highest BCUT2D eigenvalue weighted by molar-refractivity contribution is 6.32. The minimum Gasteiger partial charge on any atom is -0.389 e. The number of benzene rings is 2. The third kappa shape index (κ3) is 8.40. The fraction of sp³-hybridized carbons (Fsp3) is 0.250. The molecule has 9 heteroatoms. The van der Waals surface area contributed by atoms with E-state index in [-0.39, 0.29) is 5.91 Å². The fourth-order valence-corrected chi connectivity index (χ4v) is 2.38. The summed E-state index contributed by atoms with van der Waals surface area (Å²) in [5.41, 5.74) is 5.99. The van der Waals surface area contributed by atoms with Crippen molar-refractivity contribution in [1.82, 2.24) is 10.9 Å². The van der Waals surface area contributed by atoms with Crippen molar-refractivity contribution in [2.24, 2.45) is 0 Å². The van der Waals surface area contributed by atoms with Gasteiger partial charge in [-0.15, -0.1) is 0 Å². The number of hydrogen-bond donors (Lipinski definition) is 4. The lowest BCUT2D eigenvalue weighted by Crippen LogP contribution is -2.36. The molecular weight excluding hydrogens is 415 g/mol. The summed E-state index contributed by atoms with van der Waals surface area (Å²) in [6, 6.07) is 11.8. The summed E-state index contributed by atoms with van der Waals surface area (Å²) in [6.07, 6.45) is 0.383. The SMILES string of the molecule is Cc1c(NCC(C)(C)O)ccc(C#N)c1Cl.O=CNNC(=O)c1ccc(Cl)cc1. The van der Waals surface area contributed by atoms with Gasteiger partial charge in [-0.05, 0) is 62.7 Å². The summed E-state index contributed by atoms with van der Waals surface area (Å²) in [4.78, 5) is 21.0. The molecule has 0 heterocycles. The average Bonchev–Trinajstić information content (AvgIpc) is 2.67. The molecule has 0 aliphatic heterocycles. The number of halogens is 2. The molecule has 154 valence electrons. The lowest BCUT2D eigenvalue weighted by atomic mass is 10.1. The van der Waals surface area contributed by atoms with Gasteiger partial charge in [-0.1, -0.05) is 23.2 Å². The summed E-state index contributed by atoms with van der Waals surface area (Å²) < 4.78 is 0. The molecule has 2 amide bonds. The van der Waals surface area contributed by atoms with Crippen molar-refractivity contribution < 1.29 is 14.7 Å². The standard InChI is InChI=1S/C12H15ClN2O.C8H7ClN2O2/c1-8-10(15-7-12(2,3)16)5-4-9(6-14)11(8)13;9-7-3-1-6(2-4-7)8(13)11-10-5-12/h4-5,15-16H,7H2,1-3H3;1-5H,(H,10,12)(H,11,13). The zero-order chi connectivity index (χ0) is 22.0. The van der Waals surface area contributed by atoms with Crippen molar-refractivity contribution in [3.8, 4) is 6.07 Å². The number of aliphatic hydroxyl groups is 1. The smallest absolute Gasteiger partial charge is 0.269 e. The second-order valence-electron chi connectivity index (χ2n) is 6.60. The Morgan fingerprint density at radius 1 is 1.21 bits per heavy atom. The third-order valence-corrected chi connectivity index (χ3v) is 4.31. The number of anilines is 1. The van der Waals surface area contributed by atoms with Crippen molar-refractivity contribution >= 4 is 41.2 Å². The van der Waals surface area contributed by atoms with Crippen molar-refractivity contribution in [2.75, 3.05) is 11.9 Å². The second-order valence-corrected chi connectivity index (χ2v) is 7.42. The van der Waals surface area contributed by atoms with E-state index in [2.05, 4.69) is 10.7 Å². The van der Waals surface area contributed by atoms with Gasteiger partial charge in [-0.2, -0.15) is 5.26 Å². The summed E-state index contributed by atoms with van der Waals surface area (Å²) in [7, 11) is 0. The number of nitriles is 1. The molecule has 0 saturated carbocycles. The first-order valence-corrected chi connectivity index (χ1v) is 9.25. The van der Waals surface area contributed by atoms with Crippen molar-refractivity contribution in [3.05, 3.63) is 63.1 Å². The Bertz CT molecular complexity index is 888. The molecule has 2 aromatic carbocycles. The van der Waals surface area contributed by atoms with E-state index < -0.39 is 5.60 Å². The first kappa shape index (κ1) is 24.2. The van der Waals surface area contributed by atoms with E-state index in [4.69, 9.17) is 28.5 Å². The number of amides is 2. The molecule has 0 spiro atoms. The van der Waals surface area contributed by atoms with E-state index in [0.29, 0.717) is 34.1 Å². The van der Waals surface area contributed by atoms with Crippen LogP contribution in [0.2, 0.25) is 10.0 Å². The van der Waals surface area contributed by atoms with Crippen LogP contribution in [0.1, 0.15) is 35.3 Å². The summed E-state index contributed by atoms with van der Waals surface area (Å²) >= 11 is 11.6. The average molecular weight is 437 g/mol. The van der Waals surface area contributed by atoms with Crippen LogP contribution in [-0.4, -0.2) is 29.6 Å². The minimum absolute atomic E-state index is 0.383. The number of hydrazine groups is 1. The Morgan fingerprint density at radius 2 is 1.83 bits per heavy atom. The van der Waals surface area contributed by atoms with Gasteiger partial charge in [0.15, 0.2) is 0 Å². The Kier molecular flexibility index (Phi) is 9.42. The number of hydrogen-bond acceptors (Lipinski definition) is 5. The van der Waals surface area contributed by atoms with Crippen LogP contribution in [0.15, 0.2) is 36.4 Å². The summed E-state index contributed by atoms with van der Waals surface area (Å²) in [6.45, 7) is 5.72. The number of carbonyl (C=O) groups excluding carboxylic acids is 2. The van der Waals surface area contributed by atoms with Crippen molar-refractivity contribution in [1.29, 1.82) is 5.26 Å². The quantitative estimate of drug-likeness (QED) is 0.409. The summed E-state index contributed by atoms with van der Waals surface area (Å²) in [5.74, 6) is -0.385. The predicted molar refractivity (Wildman–Crippen MR) is 114 cm³/mol. The maximum Gasteiger partial charge on any atom is 0.269 e. The van der Waals surface area contributed by atoms with E-state index >= 15 is 0 Å². The maximum absolute atomic E-state index is 11.1. The molecule has 0 atom stereocenters. The molecule has 2 rings (SSSR count). The van der Waals surface area contributed by atoms with E-state index in [0.717, 1.165) is 11.3 Å². The van der Waals surface area contributed by atoms with E-state index in [1.807, 2.05) is 18.4 Å². The maximum atomic E-state index is 11.1. The first-order chi connectivity index (χ1) is 13.6. The molecule has 0 aromatic heterocycles. The Hall–Kier alpha value is -2.79. The molecule has 7 nitrogen and oxygen atoms in total. The van der Waals surface area contributed by atoms with Crippen LogP contribution in [-0.2, 0) is 4.79 Å². The number of nitrogens with zero attached hydrogens (tertiary/aromatic N) is 1. The zero-order valence-electron chi connectivity index (χ0n) is 16.2. The van der Waals surface area contributed by atoms with Gasteiger partial charge in [0, 0.05) is 22.8 Å². The van der Waals surface area contributed by atoms with Crippen LogP contribution in [0.25, 0.3) is 0 Å². The Balaban J connectivity index is 0.000000296. The van der Waals surface area contributed by atoms with Gasteiger partial charge in [0.05, 0.1) is 16.2 Å². The van der Waals surface area contributed by atoms with E-state index in [1.165, 1.54) is 0 Å². The van der Waals surface area contributed by atoms with Gasteiger partial charge in [-0.25, -0.2) is 0 Å². The molecule has 0 radical (unpaired) electrons. The molecule has 0 aliphatic carbocycles. The van der Waals surface area contributed by atoms with Crippen LogP contribution in [0.4, 0.5) is 5.69 Å². The highest BCUT2D eigenvalue weighted by Gasteiger charge is 2.14. The third-order valence-electron chi connectivity index (χ3n) is 3.57. The van der Waals surface area contributed by atoms with Gasteiger partial charge >= 0.3 is 0 Å². The molecule has 29 heavy (non-hydrogen) atoms. The predicted octanol–water partition coefficient (Wildman–Crippen LogP) is 3.43. The van der Waals surface area contributed by atoms with E-state index in [9.17, 15) is 14.7 Å². The minimum atomic E-state index is -0.785. The molecule has 0 aliphatic rings. The number of nitrogens with one attached hydrogen (secondary N) is 3. The van der Waals surface area contributed by atoms with Crippen LogP contribution in [0.5, 0.6) is 0 Å². The lowest BCUT2D eigenvalue weighted by molar-refractivity contribution is -0.110. The molecule has 4 N–H and O–H groups in total. The molecule has 0 unspecified atom stereocenters. The largest absolute Gasteiger partial charge is 0.389 e. The van der Waals surface area contributed by atoms with Crippen molar-refractivity contribution in [3.63, 3.8) is 0 Å². The van der Waals surface area contributed by atoms with Crippen LogP contribution < -0.4 is 16.2 Å². The van der Waals surface area contributed by atoms with Gasteiger partial charge in [-0.3, -0.25) is 20.4 Å². The van der Waals surface area contributed by atoms with Crippen LogP contribution in [0, 0.1) is 18.3 Å². The number of carbonyl (C=O) groups is 2. The first-order valence-electron chi connectivity index (χ1n) is 8.49. The highest BCUT2D eigenvalue weighted by Crippen LogP contribution is 2.27. The molecule has 2 aromatic rings. The highest BCUT2D eigenvalue weighted by atomic mass is 35.5. The Labute approximate surface area is 179 Å². The van der Waals surface area contributed by atoms with Crippen LogP contribution in [0.3, 0.4) is 0 Å². The van der Waals surface area contributed by atoms with Gasteiger partial charge in [0.1, 0.15) is 6.07 Å². The lowest BCUT2D eigenvalue weighted by Gasteiger charge is -2.20. The second kappa shape index (κ2) is 11.3. The molecular formula is C20H22Cl2N4O3. The normalized spacial score (nSPS) is 10.1. The van der Waals surface area contributed by atoms with Gasteiger partial charge in [0.25, 0.3) is 5.91 Å². The van der Waals surface area contributed by atoms with Crippen LogP contribution >= 0.6 is 23.2 Å². The van der Waals surface area contributed by atoms with Crippen molar-refractivity contribution in [2.45, 2.75) is 26.4 Å². The molecule has 0 bridgehead atoms. The fourth-order valence-electron chi connectivity index (χ4n) is 2.04. The zero-order valence-corrected chi connectivity index (χ0v) is 17.7. The number of rotatable bonds is 6.